The molecule has 0 fully saturated rings. The van der Waals surface area contributed by atoms with Gasteiger partial charge in [-0.2, -0.15) is 11.8 Å². The Hall–Kier alpha value is -0.260. The summed E-state index contributed by atoms with van der Waals surface area (Å²) in [5, 5.41) is 17.1. The molecule has 0 bridgehead atoms. The Morgan fingerprint density at radius 3 is 2.85 bits per heavy atom. The first-order valence-corrected chi connectivity index (χ1v) is 5.33. The van der Waals surface area contributed by atoms with E-state index in [2.05, 4.69) is 0 Å². The summed E-state index contributed by atoms with van der Waals surface area (Å²) in [6, 6.07) is 0. The number of ether oxygens (including phenoxy) is 1. The van der Waals surface area contributed by atoms with E-state index in [1.165, 1.54) is 11.8 Å². The zero-order chi connectivity index (χ0) is 10.1. The molecule has 0 aromatic heterocycles. The normalized spacial score (nSPS) is 12.8. The highest BCUT2D eigenvalue weighted by molar-refractivity contribution is 7.99. The number of carboxylic acid groups (broad SMARTS) is 1. The number of aliphatic hydroxyl groups is 1. The third-order valence-corrected chi connectivity index (χ3v) is 2.19. The average molecular weight is 208 g/mol. The molecule has 4 nitrogen and oxygen atoms in total. The maximum absolute atomic E-state index is 10.1. The standard InChI is InChI=1S/C8H16O4S/c1-7(9)5-12-3-2-4-13-6-8(10)11/h7,9H,2-6H2,1H3,(H,10,11). The van der Waals surface area contributed by atoms with Gasteiger partial charge in [-0.3, -0.25) is 4.79 Å². The molecule has 0 aliphatic heterocycles. The third kappa shape index (κ3) is 11.7. The molecule has 0 aromatic rings. The number of hydrogen-bond acceptors (Lipinski definition) is 4. The lowest BCUT2D eigenvalue weighted by Gasteiger charge is -2.05. The maximum Gasteiger partial charge on any atom is 0.313 e. The van der Waals surface area contributed by atoms with Crippen molar-refractivity contribution in [1.82, 2.24) is 0 Å². The Morgan fingerprint density at radius 1 is 1.62 bits per heavy atom. The van der Waals surface area contributed by atoms with Crippen LogP contribution in [0, 0.1) is 0 Å². The predicted octanol–water partition coefficient (Wildman–Crippen LogP) is 0.592. The molecule has 0 saturated heterocycles. The lowest BCUT2D eigenvalue weighted by molar-refractivity contribution is -0.133. The second-order valence-electron chi connectivity index (χ2n) is 2.72. The van der Waals surface area contributed by atoms with E-state index in [1.54, 1.807) is 6.92 Å². The molecule has 0 heterocycles. The van der Waals surface area contributed by atoms with Gasteiger partial charge < -0.3 is 14.9 Å². The van der Waals surface area contributed by atoms with Gasteiger partial charge in [0.2, 0.25) is 0 Å². The van der Waals surface area contributed by atoms with Crippen LogP contribution in [0.3, 0.4) is 0 Å². The molecule has 0 aliphatic carbocycles. The molecule has 2 N–H and O–H groups in total. The van der Waals surface area contributed by atoms with Gasteiger partial charge in [0, 0.05) is 6.61 Å². The fraction of sp³-hybridized carbons (Fsp3) is 0.875. The number of hydrogen-bond donors (Lipinski definition) is 2. The average Bonchev–Trinajstić information content (AvgIpc) is 2.01. The van der Waals surface area contributed by atoms with Crippen LogP contribution in [-0.4, -0.2) is 47.0 Å². The Bertz CT molecular complexity index is 138. The van der Waals surface area contributed by atoms with Gasteiger partial charge >= 0.3 is 5.97 Å². The third-order valence-electron chi connectivity index (χ3n) is 1.16. The van der Waals surface area contributed by atoms with E-state index >= 15 is 0 Å². The van der Waals surface area contributed by atoms with Crippen LogP contribution < -0.4 is 0 Å². The molecule has 13 heavy (non-hydrogen) atoms. The zero-order valence-corrected chi connectivity index (χ0v) is 8.55. The monoisotopic (exact) mass is 208 g/mol. The number of thioether (sulfide) groups is 1. The fourth-order valence-electron chi connectivity index (χ4n) is 0.676. The van der Waals surface area contributed by atoms with Crippen molar-refractivity contribution in [3.63, 3.8) is 0 Å². The first-order valence-electron chi connectivity index (χ1n) is 4.18. The number of carbonyl (C=O) groups is 1. The highest BCUT2D eigenvalue weighted by atomic mass is 32.2. The van der Waals surface area contributed by atoms with E-state index in [-0.39, 0.29) is 5.75 Å². The Kier molecular flexibility index (Phi) is 8.18. The molecule has 1 unspecified atom stereocenters. The number of aliphatic hydroxyl groups excluding tert-OH is 1. The van der Waals surface area contributed by atoms with E-state index in [0.29, 0.717) is 13.2 Å². The van der Waals surface area contributed by atoms with E-state index in [4.69, 9.17) is 14.9 Å². The highest BCUT2D eigenvalue weighted by Gasteiger charge is 1.97. The van der Waals surface area contributed by atoms with Crippen molar-refractivity contribution in [3.8, 4) is 0 Å². The minimum atomic E-state index is -0.783. The molecule has 0 saturated carbocycles. The van der Waals surface area contributed by atoms with E-state index < -0.39 is 12.1 Å². The van der Waals surface area contributed by atoms with Crippen LogP contribution in [0.4, 0.5) is 0 Å². The predicted molar refractivity (Wildman–Crippen MR) is 52.1 cm³/mol. The van der Waals surface area contributed by atoms with Gasteiger partial charge in [-0.1, -0.05) is 0 Å². The highest BCUT2D eigenvalue weighted by Crippen LogP contribution is 2.01. The zero-order valence-electron chi connectivity index (χ0n) is 7.73. The molecule has 5 heteroatoms. The first-order chi connectivity index (χ1) is 6.13. The second-order valence-corrected chi connectivity index (χ2v) is 3.83. The number of rotatable bonds is 8. The van der Waals surface area contributed by atoms with Gasteiger partial charge in [0.1, 0.15) is 0 Å². The van der Waals surface area contributed by atoms with Crippen LogP contribution in [0.15, 0.2) is 0 Å². The Balaban J connectivity index is 2.96. The summed E-state index contributed by atoms with van der Waals surface area (Å²) in [7, 11) is 0. The summed E-state index contributed by atoms with van der Waals surface area (Å²) in [4.78, 5) is 10.1. The summed E-state index contributed by atoms with van der Waals surface area (Å²) >= 11 is 1.38. The van der Waals surface area contributed by atoms with Crippen LogP contribution in [0.1, 0.15) is 13.3 Å². The van der Waals surface area contributed by atoms with E-state index in [1.807, 2.05) is 0 Å². The number of aliphatic carboxylic acids is 1. The lowest BCUT2D eigenvalue weighted by Crippen LogP contribution is -2.11. The van der Waals surface area contributed by atoms with Crippen molar-refractivity contribution in [3.05, 3.63) is 0 Å². The van der Waals surface area contributed by atoms with Crippen molar-refractivity contribution >= 4 is 17.7 Å². The molecule has 0 amide bonds. The van der Waals surface area contributed by atoms with Crippen molar-refractivity contribution in [2.24, 2.45) is 0 Å². The van der Waals surface area contributed by atoms with Crippen molar-refractivity contribution in [2.45, 2.75) is 19.4 Å². The summed E-state index contributed by atoms with van der Waals surface area (Å²) in [6.45, 7) is 2.60. The number of carboxylic acids is 1. The van der Waals surface area contributed by atoms with Gasteiger partial charge in [0.25, 0.3) is 0 Å². The van der Waals surface area contributed by atoms with Crippen LogP contribution in [0.2, 0.25) is 0 Å². The summed E-state index contributed by atoms with van der Waals surface area (Å²) < 4.78 is 5.09. The fourth-order valence-corrected chi connectivity index (χ4v) is 1.32. The molecular formula is C8H16O4S. The maximum atomic E-state index is 10.1. The van der Waals surface area contributed by atoms with Crippen LogP contribution in [0.25, 0.3) is 0 Å². The molecular weight excluding hydrogens is 192 g/mol. The van der Waals surface area contributed by atoms with Gasteiger partial charge in [-0.05, 0) is 19.1 Å². The van der Waals surface area contributed by atoms with Crippen LogP contribution >= 0.6 is 11.8 Å². The summed E-state index contributed by atoms with van der Waals surface area (Å²) in [5.74, 6) is 0.151. The van der Waals surface area contributed by atoms with Gasteiger partial charge in [-0.25, -0.2) is 0 Å². The largest absolute Gasteiger partial charge is 0.481 e. The molecule has 0 radical (unpaired) electrons. The SMILES string of the molecule is CC(O)COCCCSCC(=O)O. The van der Waals surface area contributed by atoms with Crippen molar-refractivity contribution < 1.29 is 19.7 Å². The smallest absolute Gasteiger partial charge is 0.313 e. The van der Waals surface area contributed by atoms with Gasteiger partial charge in [0.15, 0.2) is 0 Å². The van der Waals surface area contributed by atoms with E-state index in [0.717, 1.165) is 12.2 Å². The molecule has 0 aromatic carbocycles. The lowest BCUT2D eigenvalue weighted by atomic mass is 10.4. The summed E-state index contributed by atoms with van der Waals surface area (Å²) in [6.07, 6.45) is 0.400. The van der Waals surface area contributed by atoms with E-state index in [9.17, 15) is 4.79 Å². The molecule has 0 rings (SSSR count). The molecule has 0 spiro atoms. The van der Waals surface area contributed by atoms with Gasteiger partial charge in [0.05, 0.1) is 18.5 Å². The minimum Gasteiger partial charge on any atom is -0.481 e. The topological polar surface area (TPSA) is 66.8 Å². The van der Waals surface area contributed by atoms with Gasteiger partial charge in [-0.15, -0.1) is 0 Å². The molecule has 1 atom stereocenters. The first kappa shape index (κ1) is 12.7. The Morgan fingerprint density at radius 2 is 2.31 bits per heavy atom. The molecule has 0 aliphatic rings. The quantitative estimate of drug-likeness (QED) is 0.571. The summed E-state index contributed by atoms with van der Waals surface area (Å²) in [5.41, 5.74) is 0. The molecule has 78 valence electrons. The second kappa shape index (κ2) is 8.34. The van der Waals surface area contributed by atoms with Crippen LogP contribution in [0.5, 0.6) is 0 Å². The van der Waals surface area contributed by atoms with Crippen molar-refractivity contribution in [2.75, 3.05) is 24.7 Å². The Labute approximate surface area is 82.3 Å². The van der Waals surface area contributed by atoms with Crippen LogP contribution in [-0.2, 0) is 9.53 Å². The van der Waals surface area contributed by atoms with Crippen molar-refractivity contribution in [1.29, 1.82) is 0 Å². The minimum absolute atomic E-state index is 0.149.